The number of fused-ring (bicyclic) bond motifs is 4. The molecule has 5 rings (SSSR count). The number of nitrogens with zero attached hydrogens (tertiary/aromatic N) is 2. The van der Waals surface area contributed by atoms with Crippen molar-refractivity contribution < 1.29 is 4.79 Å². The van der Waals surface area contributed by atoms with Gasteiger partial charge in [0.1, 0.15) is 0 Å². The zero-order valence-electron chi connectivity index (χ0n) is 15.6. The molecule has 2 aliphatic rings. The van der Waals surface area contributed by atoms with Gasteiger partial charge >= 0.3 is 0 Å². The Morgan fingerprint density at radius 2 is 2.07 bits per heavy atom. The summed E-state index contributed by atoms with van der Waals surface area (Å²) in [7, 11) is 1.98. The standard InChI is InChI=1S/C22H22N2OS2/c1-22-12-11-20(25)24(2)19(22)10-7-14-13-15(8-9-16(14)22)26-21-23-17-5-3-4-6-18(17)27-21/h3-6,8-9,13,19H,7,10-12H2,1-2H3/t19-,22-/m1/s1. The summed E-state index contributed by atoms with van der Waals surface area (Å²) in [5.74, 6) is 0.295. The van der Waals surface area contributed by atoms with Gasteiger partial charge in [-0.3, -0.25) is 4.79 Å². The van der Waals surface area contributed by atoms with E-state index in [4.69, 9.17) is 4.98 Å². The molecule has 0 saturated carbocycles. The number of hydrogen-bond acceptors (Lipinski definition) is 4. The van der Waals surface area contributed by atoms with E-state index in [9.17, 15) is 4.79 Å². The van der Waals surface area contributed by atoms with Gasteiger partial charge in [-0.2, -0.15) is 0 Å². The summed E-state index contributed by atoms with van der Waals surface area (Å²) in [6.07, 6.45) is 3.71. The van der Waals surface area contributed by atoms with E-state index in [1.165, 1.54) is 20.7 Å². The lowest BCUT2D eigenvalue weighted by Crippen LogP contribution is -2.56. The van der Waals surface area contributed by atoms with Crippen LogP contribution < -0.4 is 0 Å². The van der Waals surface area contributed by atoms with E-state index in [1.807, 2.05) is 18.0 Å². The molecule has 3 nitrogen and oxygen atoms in total. The van der Waals surface area contributed by atoms with Crippen LogP contribution in [0.1, 0.15) is 37.3 Å². The number of thiazole rings is 1. The maximum atomic E-state index is 12.2. The summed E-state index contributed by atoms with van der Waals surface area (Å²) in [6, 6.07) is 15.5. The fraction of sp³-hybridized carbons (Fsp3) is 0.364. The van der Waals surface area contributed by atoms with Crippen LogP contribution in [0.5, 0.6) is 0 Å². The average molecular weight is 395 g/mol. The van der Waals surface area contributed by atoms with Crippen molar-refractivity contribution in [3.63, 3.8) is 0 Å². The van der Waals surface area contributed by atoms with Crippen LogP contribution in [0, 0.1) is 0 Å². The Labute approximate surface area is 167 Å². The molecule has 1 amide bonds. The highest BCUT2D eigenvalue weighted by atomic mass is 32.2. The minimum atomic E-state index is 0.0787. The second-order valence-corrected chi connectivity index (χ2v) is 10.2. The van der Waals surface area contributed by atoms with Gasteiger partial charge in [0.05, 0.1) is 10.2 Å². The summed E-state index contributed by atoms with van der Waals surface area (Å²) >= 11 is 3.51. The molecule has 0 unspecified atom stereocenters. The summed E-state index contributed by atoms with van der Waals surface area (Å²) < 4.78 is 2.34. The quantitative estimate of drug-likeness (QED) is 0.593. The number of hydrogen-bond donors (Lipinski definition) is 0. The molecular formula is C22H22N2OS2. The Hall–Kier alpha value is -1.85. The van der Waals surface area contributed by atoms with Gasteiger partial charge in [0.2, 0.25) is 5.91 Å². The lowest BCUT2D eigenvalue weighted by atomic mass is 9.63. The third-order valence-corrected chi connectivity index (χ3v) is 8.40. The van der Waals surface area contributed by atoms with Crippen molar-refractivity contribution in [1.82, 2.24) is 9.88 Å². The number of aryl methyl sites for hydroxylation is 1. The molecule has 1 aliphatic heterocycles. The van der Waals surface area contributed by atoms with Crippen LogP contribution in [0.3, 0.4) is 0 Å². The molecule has 1 saturated heterocycles. The first kappa shape index (κ1) is 17.3. The summed E-state index contributed by atoms with van der Waals surface area (Å²) in [6.45, 7) is 2.35. The number of amides is 1. The fourth-order valence-corrected chi connectivity index (χ4v) is 6.93. The first-order chi connectivity index (χ1) is 13.0. The highest BCUT2D eigenvalue weighted by Crippen LogP contribution is 2.46. The molecule has 3 aromatic rings. The third kappa shape index (κ3) is 2.79. The van der Waals surface area contributed by atoms with E-state index in [1.54, 1.807) is 23.1 Å². The maximum Gasteiger partial charge on any atom is 0.222 e. The lowest BCUT2D eigenvalue weighted by molar-refractivity contribution is -0.138. The molecule has 138 valence electrons. The van der Waals surface area contributed by atoms with E-state index in [0.29, 0.717) is 18.4 Å². The number of benzene rings is 2. The number of likely N-dealkylation sites (tertiary alicyclic amines) is 1. The van der Waals surface area contributed by atoms with Crippen LogP contribution in [0.2, 0.25) is 0 Å². The smallest absolute Gasteiger partial charge is 0.222 e. The number of carbonyl (C=O) groups excluding carboxylic acids is 1. The molecule has 0 bridgehead atoms. The van der Waals surface area contributed by atoms with Crippen molar-refractivity contribution in [3.05, 3.63) is 53.6 Å². The lowest BCUT2D eigenvalue weighted by Gasteiger charge is -2.50. The number of piperidine rings is 1. The van der Waals surface area contributed by atoms with Gasteiger partial charge in [-0.05, 0) is 54.7 Å². The van der Waals surface area contributed by atoms with Crippen LogP contribution in [0.15, 0.2) is 51.7 Å². The number of rotatable bonds is 2. The van der Waals surface area contributed by atoms with Gasteiger partial charge in [-0.25, -0.2) is 4.98 Å². The van der Waals surface area contributed by atoms with Crippen molar-refractivity contribution >= 4 is 39.2 Å². The molecular weight excluding hydrogens is 372 g/mol. The molecule has 5 heteroatoms. The van der Waals surface area contributed by atoms with E-state index in [0.717, 1.165) is 29.1 Å². The number of likely N-dealkylation sites (N-methyl/N-ethyl adjacent to an activating group) is 1. The van der Waals surface area contributed by atoms with Crippen molar-refractivity contribution in [1.29, 1.82) is 0 Å². The molecule has 0 spiro atoms. The molecule has 27 heavy (non-hydrogen) atoms. The Kier molecular flexibility index (Phi) is 4.06. The topological polar surface area (TPSA) is 33.2 Å². The van der Waals surface area contributed by atoms with Gasteiger partial charge in [0.15, 0.2) is 4.34 Å². The van der Waals surface area contributed by atoms with E-state index < -0.39 is 0 Å². The largest absolute Gasteiger partial charge is 0.342 e. The van der Waals surface area contributed by atoms with Crippen molar-refractivity contribution in [2.45, 2.75) is 53.3 Å². The molecule has 1 aromatic heterocycles. The van der Waals surface area contributed by atoms with Crippen molar-refractivity contribution in [2.75, 3.05) is 7.05 Å². The minimum absolute atomic E-state index is 0.0787. The predicted molar refractivity (Wildman–Crippen MR) is 112 cm³/mol. The fourth-order valence-electron chi connectivity index (χ4n) is 4.82. The number of aromatic nitrogens is 1. The minimum Gasteiger partial charge on any atom is -0.342 e. The monoisotopic (exact) mass is 394 g/mol. The van der Waals surface area contributed by atoms with Crippen LogP contribution in [-0.2, 0) is 16.6 Å². The molecule has 2 atom stereocenters. The second kappa shape index (κ2) is 6.35. The Morgan fingerprint density at radius 1 is 1.22 bits per heavy atom. The van der Waals surface area contributed by atoms with Gasteiger partial charge in [0, 0.05) is 29.8 Å². The van der Waals surface area contributed by atoms with Crippen molar-refractivity contribution in [2.24, 2.45) is 0 Å². The van der Waals surface area contributed by atoms with Crippen LogP contribution >= 0.6 is 23.1 Å². The number of carbonyl (C=O) groups is 1. The Bertz CT molecular complexity index is 1010. The molecule has 1 fully saturated rings. The zero-order valence-corrected chi connectivity index (χ0v) is 17.2. The molecule has 2 heterocycles. The van der Waals surface area contributed by atoms with E-state index in [2.05, 4.69) is 43.3 Å². The Morgan fingerprint density at radius 3 is 2.93 bits per heavy atom. The molecule has 2 aromatic carbocycles. The highest BCUT2D eigenvalue weighted by molar-refractivity contribution is 8.01. The first-order valence-electron chi connectivity index (χ1n) is 9.47. The molecule has 0 radical (unpaired) electrons. The molecule has 1 aliphatic carbocycles. The van der Waals surface area contributed by atoms with Crippen LogP contribution in [0.4, 0.5) is 0 Å². The zero-order chi connectivity index (χ0) is 18.6. The van der Waals surface area contributed by atoms with Gasteiger partial charge < -0.3 is 4.90 Å². The summed E-state index contributed by atoms with van der Waals surface area (Å²) in [5, 5.41) is 0. The maximum absolute atomic E-state index is 12.2. The van der Waals surface area contributed by atoms with Crippen LogP contribution in [0.25, 0.3) is 10.2 Å². The normalized spacial score (nSPS) is 24.7. The van der Waals surface area contributed by atoms with Crippen molar-refractivity contribution in [3.8, 4) is 0 Å². The third-order valence-electron chi connectivity index (χ3n) is 6.31. The van der Waals surface area contributed by atoms with E-state index >= 15 is 0 Å². The molecule has 0 N–H and O–H groups in total. The highest BCUT2D eigenvalue weighted by Gasteiger charge is 2.46. The average Bonchev–Trinajstić information content (AvgIpc) is 3.07. The van der Waals surface area contributed by atoms with Gasteiger partial charge in [-0.1, -0.05) is 36.9 Å². The SMILES string of the molecule is CN1C(=O)CC[C@]2(C)c3ccc(Sc4nc5ccccc5s4)cc3CC[C@@H]12. The van der Waals surface area contributed by atoms with E-state index in [-0.39, 0.29) is 5.41 Å². The van der Waals surface area contributed by atoms with Gasteiger partial charge in [-0.15, -0.1) is 11.3 Å². The summed E-state index contributed by atoms with van der Waals surface area (Å²) in [4.78, 5) is 20.2. The predicted octanol–water partition coefficient (Wildman–Crippen LogP) is 5.27. The van der Waals surface area contributed by atoms with Gasteiger partial charge in [0.25, 0.3) is 0 Å². The number of para-hydroxylation sites is 1. The first-order valence-corrected chi connectivity index (χ1v) is 11.1. The second-order valence-electron chi connectivity index (χ2n) is 7.85. The summed E-state index contributed by atoms with van der Waals surface area (Å²) in [5.41, 5.74) is 4.04. The van der Waals surface area contributed by atoms with Crippen LogP contribution in [-0.4, -0.2) is 28.9 Å². The Balaban J connectivity index is 1.46.